The number of carbonyl (C=O) groups is 1. The van der Waals surface area contributed by atoms with Crippen molar-refractivity contribution in [3.63, 3.8) is 0 Å². The Morgan fingerprint density at radius 2 is 2.18 bits per heavy atom. The number of allylic oxidation sites excluding steroid dienone is 1. The van der Waals surface area contributed by atoms with Gasteiger partial charge < -0.3 is 5.11 Å². The molecule has 0 unspecified atom stereocenters. The summed E-state index contributed by atoms with van der Waals surface area (Å²) in [7, 11) is 0. The van der Waals surface area contributed by atoms with Crippen molar-refractivity contribution in [3.05, 3.63) is 40.4 Å². The molecule has 3 heteroatoms. The molecular formula is C14H15ClO2. The van der Waals surface area contributed by atoms with Crippen molar-refractivity contribution < 1.29 is 9.90 Å². The number of halogens is 1. The Kier molecular flexibility index (Phi) is 3.00. The molecule has 0 fully saturated rings. The Labute approximate surface area is 106 Å². The summed E-state index contributed by atoms with van der Waals surface area (Å²) >= 11 is 6.02. The minimum Gasteiger partial charge on any atom is -0.478 e. The quantitative estimate of drug-likeness (QED) is 0.768. The molecule has 0 radical (unpaired) electrons. The maximum atomic E-state index is 10.8. The van der Waals surface area contributed by atoms with E-state index in [1.165, 1.54) is 6.08 Å². The summed E-state index contributed by atoms with van der Waals surface area (Å²) < 4.78 is 0. The van der Waals surface area contributed by atoms with Crippen molar-refractivity contribution in [2.45, 2.75) is 32.1 Å². The molecule has 1 N–H and O–H groups in total. The number of carboxylic acid groups (broad SMARTS) is 1. The predicted octanol–water partition coefficient (Wildman–Crippen LogP) is 3.88. The summed E-state index contributed by atoms with van der Waals surface area (Å²) in [5.41, 5.74) is 3.11. The fourth-order valence-corrected chi connectivity index (χ4v) is 2.54. The molecule has 0 aromatic heterocycles. The first-order chi connectivity index (χ1) is 7.90. The molecule has 2 nitrogen and oxygen atoms in total. The monoisotopic (exact) mass is 250 g/mol. The molecule has 2 rings (SSSR count). The number of fused-ring (bicyclic) bond motifs is 1. The van der Waals surface area contributed by atoms with E-state index in [1.54, 1.807) is 0 Å². The number of hydrogen-bond donors (Lipinski definition) is 1. The Morgan fingerprint density at radius 1 is 1.47 bits per heavy atom. The van der Waals surface area contributed by atoms with Crippen molar-refractivity contribution >= 4 is 23.1 Å². The van der Waals surface area contributed by atoms with Gasteiger partial charge in [-0.05, 0) is 47.1 Å². The molecule has 1 aliphatic carbocycles. The van der Waals surface area contributed by atoms with Crippen LogP contribution in [0.4, 0.5) is 0 Å². The Hall–Kier alpha value is -1.28. The number of aliphatic carboxylic acids is 1. The van der Waals surface area contributed by atoms with Crippen LogP contribution in [-0.2, 0) is 10.2 Å². The van der Waals surface area contributed by atoms with Crippen molar-refractivity contribution in [2.24, 2.45) is 0 Å². The largest absolute Gasteiger partial charge is 0.478 e. The maximum absolute atomic E-state index is 10.8. The van der Waals surface area contributed by atoms with Gasteiger partial charge in [0.15, 0.2) is 0 Å². The molecule has 90 valence electrons. The molecule has 0 saturated carbocycles. The van der Waals surface area contributed by atoms with Gasteiger partial charge in [0, 0.05) is 11.1 Å². The molecule has 1 aromatic carbocycles. The average Bonchev–Trinajstić information content (AvgIpc) is 2.22. The van der Waals surface area contributed by atoms with Crippen LogP contribution >= 0.6 is 11.6 Å². The molecule has 0 saturated heterocycles. The third kappa shape index (κ3) is 2.37. The second-order valence-corrected chi connectivity index (χ2v) is 5.52. The zero-order valence-electron chi connectivity index (χ0n) is 9.96. The zero-order chi connectivity index (χ0) is 12.6. The fraction of sp³-hybridized carbons (Fsp3) is 0.357. The summed E-state index contributed by atoms with van der Waals surface area (Å²) in [6.07, 6.45) is 3.05. The fourth-order valence-electron chi connectivity index (χ4n) is 2.37. The highest BCUT2D eigenvalue weighted by Gasteiger charge is 2.30. The minimum absolute atomic E-state index is 0.0517. The molecule has 0 amide bonds. The van der Waals surface area contributed by atoms with Crippen LogP contribution in [0.1, 0.15) is 37.8 Å². The van der Waals surface area contributed by atoms with Crippen LogP contribution in [0.3, 0.4) is 0 Å². The molecule has 0 atom stereocenters. The maximum Gasteiger partial charge on any atom is 0.328 e. The second kappa shape index (κ2) is 4.19. The van der Waals surface area contributed by atoms with Gasteiger partial charge in [0.05, 0.1) is 0 Å². The van der Waals surface area contributed by atoms with E-state index in [2.05, 4.69) is 13.8 Å². The number of hydrogen-bond acceptors (Lipinski definition) is 1. The van der Waals surface area contributed by atoms with Gasteiger partial charge in [0.25, 0.3) is 0 Å². The van der Waals surface area contributed by atoms with E-state index < -0.39 is 5.97 Å². The summed E-state index contributed by atoms with van der Waals surface area (Å²) in [6, 6.07) is 5.69. The van der Waals surface area contributed by atoms with Crippen LogP contribution in [0.2, 0.25) is 5.02 Å². The van der Waals surface area contributed by atoms with E-state index in [9.17, 15) is 4.79 Å². The lowest BCUT2D eigenvalue weighted by atomic mass is 9.71. The normalized spacial score (nSPS) is 20.1. The van der Waals surface area contributed by atoms with E-state index in [0.29, 0.717) is 5.02 Å². The van der Waals surface area contributed by atoms with Crippen LogP contribution in [0.25, 0.3) is 5.57 Å². The van der Waals surface area contributed by atoms with Gasteiger partial charge in [0.2, 0.25) is 0 Å². The Morgan fingerprint density at radius 3 is 2.82 bits per heavy atom. The van der Waals surface area contributed by atoms with Crippen molar-refractivity contribution in [3.8, 4) is 0 Å². The first-order valence-electron chi connectivity index (χ1n) is 5.64. The SMILES string of the molecule is CC1(C)CC/C(=C\C(=O)O)c2ccc(Cl)cc21. The Bertz CT molecular complexity index is 501. The zero-order valence-corrected chi connectivity index (χ0v) is 10.7. The first-order valence-corrected chi connectivity index (χ1v) is 6.02. The first kappa shape index (κ1) is 12.2. The summed E-state index contributed by atoms with van der Waals surface area (Å²) in [6.45, 7) is 4.33. The molecule has 17 heavy (non-hydrogen) atoms. The molecule has 0 bridgehead atoms. The van der Waals surface area contributed by atoms with Gasteiger partial charge in [-0.3, -0.25) is 0 Å². The highest BCUT2D eigenvalue weighted by Crippen LogP contribution is 2.42. The smallest absolute Gasteiger partial charge is 0.328 e. The van der Waals surface area contributed by atoms with Crippen molar-refractivity contribution in [2.75, 3.05) is 0 Å². The summed E-state index contributed by atoms with van der Waals surface area (Å²) in [5.74, 6) is -0.888. The molecule has 0 heterocycles. The lowest BCUT2D eigenvalue weighted by molar-refractivity contribution is -0.131. The third-order valence-corrected chi connectivity index (χ3v) is 3.61. The van der Waals surface area contributed by atoms with Crippen LogP contribution in [0, 0.1) is 0 Å². The van der Waals surface area contributed by atoms with E-state index in [4.69, 9.17) is 16.7 Å². The lowest BCUT2D eigenvalue weighted by Gasteiger charge is -2.34. The van der Waals surface area contributed by atoms with Crippen molar-refractivity contribution in [1.29, 1.82) is 0 Å². The second-order valence-electron chi connectivity index (χ2n) is 5.08. The highest BCUT2D eigenvalue weighted by atomic mass is 35.5. The molecular weight excluding hydrogens is 236 g/mol. The van der Waals surface area contributed by atoms with Gasteiger partial charge in [0.1, 0.15) is 0 Å². The van der Waals surface area contributed by atoms with Crippen LogP contribution < -0.4 is 0 Å². The van der Waals surface area contributed by atoms with E-state index >= 15 is 0 Å². The van der Waals surface area contributed by atoms with Gasteiger partial charge in [-0.15, -0.1) is 0 Å². The average molecular weight is 251 g/mol. The van der Waals surface area contributed by atoms with Crippen LogP contribution in [0.5, 0.6) is 0 Å². The molecule has 0 aliphatic heterocycles. The van der Waals surface area contributed by atoms with E-state index in [0.717, 1.165) is 29.5 Å². The van der Waals surface area contributed by atoms with Gasteiger partial charge in [-0.2, -0.15) is 0 Å². The van der Waals surface area contributed by atoms with Crippen LogP contribution in [0.15, 0.2) is 24.3 Å². The molecule has 0 spiro atoms. The number of benzene rings is 1. The number of carboxylic acids is 1. The van der Waals surface area contributed by atoms with Crippen LogP contribution in [-0.4, -0.2) is 11.1 Å². The third-order valence-electron chi connectivity index (χ3n) is 3.37. The molecule has 1 aromatic rings. The predicted molar refractivity (Wildman–Crippen MR) is 69.3 cm³/mol. The van der Waals surface area contributed by atoms with Crippen molar-refractivity contribution in [1.82, 2.24) is 0 Å². The van der Waals surface area contributed by atoms with Gasteiger partial charge in [-0.25, -0.2) is 4.79 Å². The lowest BCUT2D eigenvalue weighted by Crippen LogP contribution is -2.23. The topological polar surface area (TPSA) is 37.3 Å². The highest BCUT2D eigenvalue weighted by molar-refractivity contribution is 6.30. The van der Waals surface area contributed by atoms with Gasteiger partial charge >= 0.3 is 5.97 Å². The number of rotatable bonds is 1. The van der Waals surface area contributed by atoms with E-state index in [-0.39, 0.29) is 5.41 Å². The summed E-state index contributed by atoms with van der Waals surface area (Å²) in [5, 5.41) is 9.58. The standard InChI is InChI=1S/C14H15ClO2/c1-14(2)6-5-9(7-13(16)17)11-4-3-10(15)8-12(11)14/h3-4,7-8H,5-6H2,1-2H3,(H,16,17)/b9-7+. The van der Waals surface area contributed by atoms with E-state index in [1.807, 2.05) is 18.2 Å². The Balaban J connectivity index is 2.60. The van der Waals surface area contributed by atoms with Gasteiger partial charge in [-0.1, -0.05) is 31.5 Å². The summed E-state index contributed by atoms with van der Waals surface area (Å²) in [4.78, 5) is 10.8. The molecule has 1 aliphatic rings. The minimum atomic E-state index is -0.888.